The molecule has 1 atom stereocenters. The first-order valence-corrected chi connectivity index (χ1v) is 10.7. The molecule has 2 nitrogen and oxygen atoms in total. The minimum atomic E-state index is -4.38. The minimum absolute atomic E-state index is 0.191. The van der Waals surface area contributed by atoms with E-state index >= 15 is 0 Å². The SMILES string of the molecule is CCCCCCCC(C)(CCCCCC)n1cc(I)c(C(F)(F)F)n1. The lowest BCUT2D eigenvalue weighted by Crippen LogP contribution is -2.31. The van der Waals surface area contributed by atoms with E-state index in [1.165, 1.54) is 25.7 Å². The highest BCUT2D eigenvalue weighted by atomic mass is 127. The van der Waals surface area contributed by atoms with Crippen LogP contribution in [0, 0.1) is 3.57 Å². The summed E-state index contributed by atoms with van der Waals surface area (Å²) in [7, 11) is 0. The maximum atomic E-state index is 13.1. The number of unbranched alkanes of at least 4 members (excludes halogenated alkanes) is 7. The number of hydrogen-bond donors (Lipinski definition) is 0. The van der Waals surface area contributed by atoms with E-state index in [1.54, 1.807) is 33.5 Å². The van der Waals surface area contributed by atoms with Crippen LogP contribution in [-0.2, 0) is 11.7 Å². The zero-order valence-corrected chi connectivity index (χ0v) is 17.9. The van der Waals surface area contributed by atoms with Gasteiger partial charge in [0.25, 0.3) is 0 Å². The van der Waals surface area contributed by atoms with E-state index < -0.39 is 11.9 Å². The van der Waals surface area contributed by atoms with E-state index in [2.05, 4.69) is 25.9 Å². The summed E-state index contributed by atoms with van der Waals surface area (Å²) >= 11 is 1.75. The molecule has 0 saturated heterocycles. The summed E-state index contributed by atoms with van der Waals surface area (Å²) in [5.41, 5.74) is -1.08. The van der Waals surface area contributed by atoms with Gasteiger partial charge < -0.3 is 0 Å². The van der Waals surface area contributed by atoms with Crippen LogP contribution in [0.5, 0.6) is 0 Å². The number of alkyl halides is 3. The molecule has 0 fully saturated rings. The Morgan fingerprint density at radius 1 is 0.920 bits per heavy atom. The van der Waals surface area contributed by atoms with Gasteiger partial charge in [0.1, 0.15) is 0 Å². The lowest BCUT2D eigenvalue weighted by molar-refractivity contribution is -0.142. The molecule has 0 amide bonds. The fourth-order valence-corrected chi connectivity index (χ4v) is 3.90. The third kappa shape index (κ3) is 7.47. The van der Waals surface area contributed by atoms with Crippen molar-refractivity contribution in [3.8, 4) is 0 Å². The van der Waals surface area contributed by atoms with Crippen LogP contribution in [0.3, 0.4) is 0 Å². The minimum Gasteiger partial charge on any atom is -0.265 e. The lowest BCUT2D eigenvalue weighted by atomic mass is 9.88. The van der Waals surface area contributed by atoms with Gasteiger partial charge in [0.2, 0.25) is 0 Å². The molecule has 0 aliphatic carbocycles. The second-order valence-corrected chi connectivity index (χ2v) is 8.40. The molecule has 25 heavy (non-hydrogen) atoms. The molecule has 0 aliphatic rings. The molecule has 1 rings (SSSR count). The van der Waals surface area contributed by atoms with Crippen LogP contribution in [0.15, 0.2) is 6.20 Å². The van der Waals surface area contributed by atoms with Crippen molar-refractivity contribution in [2.24, 2.45) is 0 Å². The van der Waals surface area contributed by atoms with Crippen molar-refractivity contribution in [1.82, 2.24) is 9.78 Å². The summed E-state index contributed by atoms with van der Waals surface area (Å²) in [6.45, 7) is 6.42. The second kappa shape index (κ2) is 10.8. The Morgan fingerprint density at radius 2 is 1.40 bits per heavy atom. The molecule has 1 aromatic heterocycles. The van der Waals surface area contributed by atoms with Crippen LogP contribution in [0.25, 0.3) is 0 Å². The van der Waals surface area contributed by atoms with Crippen LogP contribution in [-0.4, -0.2) is 9.78 Å². The summed E-state index contributed by atoms with van der Waals surface area (Å²) in [5, 5.41) is 3.95. The quantitative estimate of drug-likeness (QED) is 0.227. The molecule has 0 radical (unpaired) electrons. The fourth-order valence-electron chi connectivity index (χ4n) is 3.22. The highest BCUT2D eigenvalue weighted by Gasteiger charge is 2.38. The lowest BCUT2D eigenvalue weighted by Gasteiger charge is -2.31. The van der Waals surface area contributed by atoms with Crippen molar-refractivity contribution in [2.75, 3.05) is 0 Å². The first-order valence-electron chi connectivity index (χ1n) is 9.57. The summed E-state index contributed by atoms with van der Waals surface area (Å²) in [4.78, 5) is 0. The summed E-state index contributed by atoms with van der Waals surface area (Å²) < 4.78 is 41.1. The average Bonchev–Trinajstić information content (AvgIpc) is 2.94. The van der Waals surface area contributed by atoms with Crippen LogP contribution in [0.2, 0.25) is 0 Å². The number of halogens is 4. The molecule has 0 aliphatic heterocycles. The van der Waals surface area contributed by atoms with Crippen LogP contribution >= 0.6 is 22.6 Å². The van der Waals surface area contributed by atoms with Crippen molar-refractivity contribution in [3.63, 3.8) is 0 Å². The Bertz CT molecular complexity index is 499. The van der Waals surface area contributed by atoms with Crippen molar-refractivity contribution < 1.29 is 13.2 Å². The Labute approximate surface area is 164 Å². The van der Waals surface area contributed by atoms with Crippen molar-refractivity contribution in [2.45, 2.75) is 103 Å². The van der Waals surface area contributed by atoms with Gasteiger partial charge in [-0.25, -0.2) is 0 Å². The molecule has 0 N–H and O–H groups in total. The second-order valence-electron chi connectivity index (χ2n) is 7.24. The number of aromatic nitrogens is 2. The van der Waals surface area contributed by atoms with E-state index in [-0.39, 0.29) is 9.11 Å². The van der Waals surface area contributed by atoms with E-state index in [9.17, 15) is 13.2 Å². The van der Waals surface area contributed by atoms with Gasteiger partial charge in [-0.1, -0.05) is 71.6 Å². The maximum absolute atomic E-state index is 13.1. The highest BCUT2D eigenvalue weighted by molar-refractivity contribution is 14.1. The average molecular weight is 472 g/mol. The van der Waals surface area contributed by atoms with E-state index in [0.29, 0.717) is 0 Å². The Balaban J connectivity index is 2.85. The van der Waals surface area contributed by atoms with Crippen LogP contribution in [0.1, 0.15) is 97.1 Å². The van der Waals surface area contributed by atoms with Crippen molar-refractivity contribution in [1.29, 1.82) is 0 Å². The number of nitrogens with zero attached hydrogens (tertiary/aromatic N) is 2. The molecule has 0 aromatic carbocycles. The summed E-state index contributed by atoms with van der Waals surface area (Å²) in [6.07, 6.45) is 9.28. The molecule has 6 heteroatoms. The summed E-state index contributed by atoms with van der Waals surface area (Å²) in [5.74, 6) is 0. The molecule has 0 spiro atoms. The normalized spacial score (nSPS) is 14.7. The third-order valence-electron chi connectivity index (χ3n) is 4.88. The van der Waals surface area contributed by atoms with Gasteiger partial charge in [-0.2, -0.15) is 18.3 Å². The molecule has 146 valence electrons. The zero-order valence-electron chi connectivity index (χ0n) is 15.8. The molecular formula is C19H32F3IN2. The third-order valence-corrected chi connectivity index (χ3v) is 5.67. The predicted octanol–water partition coefficient (Wildman–Crippen LogP) is 7.55. The smallest absolute Gasteiger partial charge is 0.265 e. The molecule has 0 saturated carbocycles. The van der Waals surface area contributed by atoms with Gasteiger partial charge >= 0.3 is 6.18 Å². The Kier molecular flexibility index (Phi) is 9.82. The van der Waals surface area contributed by atoms with E-state index in [0.717, 1.165) is 44.9 Å². The van der Waals surface area contributed by atoms with Gasteiger partial charge in [0, 0.05) is 6.20 Å². The van der Waals surface area contributed by atoms with Gasteiger partial charge in [0.05, 0.1) is 9.11 Å². The van der Waals surface area contributed by atoms with Gasteiger partial charge in [0.15, 0.2) is 5.69 Å². The Morgan fingerprint density at radius 3 is 1.84 bits per heavy atom. The summed E-state index contributed by atoms with van der Waals surface area (Å²) in [6, 6.07) is 0. The Hall–Kier alpha value is -0.270. The van der Waals surface area contributed by atoms with Gasteiger partial charge in [-0.3, -0.25) is 4.68 Å². The standard InChI is InChI=1S/C19H32F3IN2/c1-4-6-8-10-12-14-18(3,13-11-9-7-5-2)25-15-16(23)17(24-25)19(20,21)22/h15H,4-14H2,1-3H3. The van der Waals surface area contributed by atoms with E-state index in [1.807, 2.05) is 0 Å². The molecule has 1 heterocycles. The first-order chi connectivity index (χ1) is 11.7. The molecular weight excluding hydrogens is 440 g/mol. The van der Waals surface area contributed by atoms with Crippen molar-refractivity contribution >= 4 is 22.6 Å². The number of rotatable bonds is 12. The highest BCUT2D eigenvalue weighted by Crippen LogP contribution is 2.35. The topological polar surface area (TPSA) is 17.8 Å². The zero-order chi connectivity index (χ0) is 18.9. The molecule has 1 unspecified atom stereocenters. The maximum Gasteiger partial charge on any atom is 0.436 e. The predicted molar refractivity (Wildman–Crippen MR) is 106 cm³/mol. The van der Waals surface area contributed by atoms with E-state index in [4.69, 9.17) is 0 Å². The van der Waals surface area contributed by atoms with Crippen molar-refractivity contribution in [3.05, 3.63) is 15.5 Å². The fraction of sp³-hybridized carbons (Fsp3) is 0.842. The molecule has 1 aromatic rings. The van der Waals surface area contributed by atoms with Crippen LogP contribution in [0.4, 0.5) is 13.2 Å². The molecule has 0 bridgehead atoms. The van der Waals surface area contributed by atoms with Crippen LogP contribution < -0.4 is 0 Å². The monoisotopic (exact) mass is 472 g/mol. The number of hydrogen-bond acceptors (Lipinski definition) is 1. The first kappa shape index (κ1) is 22.8. The van der Waals surface area contributed by atoms with Gasteiger partial charge in [-0.15, -0.1) is 0 Å². The van der Waals surface area contributed by atoms with Gasteiger partial charge in [-0.05, 0) is 42.4 Å². The largest absolute Gasteiger partial charge is 0.436 e.